The minimum atomic E-state index is -3.54. The van der Waals surface area contributed by atoms with Gasteiger partial charge in [0.2, 0.25) is 11.8 Å². The number of halogens is 1. The van der Waals surface area contributed by atoms with E-state index in [4.69, 9.17) is 16.0 Å². The molecule has 1 aromatic heterocycles. The molecule has 0 saturated heterocycles. The van der Waals surface area contributed by atoms with Crippen LogP contribution in [0.25, 0.3) is 11.5 Å². The van der Waals surface area contributed by atoms with Gasteiger partial charge in [0.25, 0.3) is 5.91 Å². The lowest BCUT2D eigenvalue weighted by atomic mass is 10.2. The average molecular weight is 432 g/mol. The number of benzene rings is 2. The number of rotatable bonds is 6. The van der Waals surface area contributed by atoms with Crippen molar-refractivity contribution in [3.8, 4) is 11.5 Å². The predicted molar refractivity (Wildman–Crippen MR) is 107 cm³/mol. The van der Waals surface area contributed by atoms with Crippen LogP contribution in [0.4, 0.5) is 0 Å². The monoisotopic (exact) mass is 431 g/mol. The quantitative estimate of drug-likeness (QED) is 0.592. The molecule has 1 fully saturated rings. The zero-order chi connectivity index (χ0) is 20.6. The normalized spacial score (nSPS) is 14.0. The predicted octanol–water partition coefficient (Wildman–Crippen LogP) is 3.60. The van der Waals surface area contributed by atoms with Crippen molar-refractivity contribution in [2.24, 2.45) is 0 Å². The molecular formula is C20H18ClN3O4S. The van der Waals surface area contributed by atoms with Crippen LogP contribution in [0.2, 0.25) is 5.02 Å². The van der Waals surface area contributed by atoms with Crippen molar-refractivity contribution in [2.75, 3.05) is 6.26 Å². The Morgan fingerprint density at radius 2 is 1.83 bits per heavy atom. The highest BCUT2D eigenvalue weighted by atomic mass is 35.5. The van der Waals surface area contributed by atoms with Crippen molar-refractivity contribution >= 4 is 27.3 Å². The molecule has 0 atom stereocenters. The summed E-state index contributed by atoms with van der Waals surface area (Å²) >= 11 is 6.18. The second kappa shape index (κ2) is 7.61. The maximum Gasteiger partial charge on any atom is 0.255 e. The highest BCUT2D eigenvalue weighted by molar-refractivity contribution is 7.90. The van der Waals surface area contributed by atoms with Gasteiger partial charge in [-0.1, -0.05) is 35.9 Å². The number of sulfone groups is 1. The van der Waals surface area contributed by atoms with Crippen LogP contribution in [-0.4, -0.2) is 41.7 Å². The van der Waals surface area contributed by atoms with E-state index in [1.807, 2.05) is 6.07 Å². The van der Waals surface area contributed by atoms with Gasteiger partial charge in [0.15, 0.2) is 9.84 Å². The largest absolute Gasteiger partial charge is 0.419 e. The molecule has 0 radical (unpaired) electrons. The molecule has 1 amide bonds. The van der Waals surface area contributed by atoms with E-state index in [1.54, 1.807) is 35.2 Å². The van der Waals surface area contributed by atoms with Gasteiger partial charge in [0, 0.05) is 12.3 Å². The van der Waals surface area contributed by atoms with Gasteiger partial charge in [0.05, 0.1) is 27.6 Å². The maximum atomic E-state index is 13.2. The topological polar surface area (TPSA) is 93.4 Å². The minimum Gasteiger partial charge on any atom is -0.419 e. The standard InChI is InChI=1S/C20H18ClN3O4S/c1-29(26,27)17-9-5-3-7-15(17)20(25)24(13-10-11-13)12-18-22-23-19(28-18)14-6-2-4-8-16(14)21/h2-9,13H,10-12H2,1H3. The van der Waals surface area contributed by atoms with Gasteiger partial charge < -0.3 is 9.32 Å². The Bertz CT molecular complexity index is 1170. The number of hydrogen-bond donors (Lipinski definition) is 0. The Hall–Kier alpha value is -2.71. The fraction of sp³-hybridized carbons (Fsp3) is 0.250. The third-order valence-corrected chi connectivity index (χ3v) is 6.13. The molecule has 1 aliphatic rings. The van der Waals surface area contributed by atoms with Crippen LogP contribution < -0.4 is 0 Å². The Kier molecular flexibility index (Phi) is 5.14. The zero-order valence-corrected chi connectivity index (χ0v) is 17.2. The first-order valence-corrected chi connectivity index (χ1v) is 11.3. The van der Waals surface area contributed by atoms with Crippen LogP contribution in [0.1, 0.15) is 29.1 Å². The number of amides is 1. The zero-order valence-electron chi connectivity index (χ0n) is 15.6. The summed E-state index contributed by atoms with van der Waals surface area (Å²) in [5.74, 6) is 0.161. The number of carbonyl (C=O) groups excluding carboxylic acids is 1. The number of hydrogen-bond acceptors (Lipinski definition) is 6. The first-order chi connectivity index (χ1) is 13.8. The van der Waals surface area contributed by atoms with E-state index in [0.29, 0.717) is 10.6 Å². The molecule has 1 heterocycles. The lowest BCUT2D eigenvalue weighted by molar-refractivity contribution is 0.0710. The number of aromatic nitrogens is 2. The van der Waals surface area contributed by atoms with E-state index in [1.165, 1.54) is 12.1 Å². The van der Waals surface area contributed by atoms with Crippen LogP contribution in [0, 0.1) is 0 Å². The van der Waals surface area contributed by atoms with Crippen molar-refractivity contribution in [3.63, 3.8) is 0 Å². The molecule has 3 aromatic rings. The second-order valence-corrected chi connectivity index (χ2v) is 9.30. The first kappa shape index (κ1) is 19.6. The van der Waals surface area contributed by atoms with Gasteiger partial charge in [-0.2, -0.15) is 0 Å². The maximum absolute atomic E-state index is 13.2. The third kappa shape index (κ3) is 4.18. The highest BCUT2D eigenvalue weighted by Crippen LogP contribution is 2.32. The summed E-state index contributed by atoms with van der Waals surface area (Å²) in [6, 6.07) is 13.3. The van der Waals surface area contributed by atoms with Gasteiger partial charge in [0.1, 0.15) is 0 Å². The summed E-state index contributed by atoms with van der Waals surface area (Å²) in [7, 11) is -3.54. The van der Waals surface area contributed by atoms with Crippen LogP contribution in [0.15, 0.2) is 57.8 Å². The molecule has 4 rings (SSSR count). The van der Waals surface area contributed by atoms with Crippen molar-refractivity contribution in [2.45, 2.75) is 30.3 Å². The Morgan fingerprint density at radius 1 is 1.14 bits per heavy atom. The van der Waals surface area contributed by atoms with Crippen molar-refractivity contribution in [1.29, 1.82) is 0 Å². The summed E-state index contributed by atoms with van der Waals surface area (Å²) in [4.78, 5) is 14.8. The summed E-state index contributed by atoms with van der Waals surface area (Å²) in [5.41, 5.74) is 0.757. The SMILES string of the molecule is CS(=O)(=O)c1ccccc1C(=O)N(Cc1nnc(-c2ccccc2Cl)o1)C1CC1. The van der Waals surface area contributed by atoms with Crippen molar-refractivity contribution < 1.29 is 17.6 Å². The molecule has 29 heavy (non-hydrogen) atoms. The lowest BCUT2D eigenvalue weighted by Gasteiger charge is -2.21. The number of carbonyl (C=O) groups is 1. The molecular weight excluding hydrogens is 414 g/mol. The van der Waals surface area contributed by atoms with Crippen LogP contribution >= 0.6 is 11.6 Å². The van der Waals surface area contributed by atoms with Crippen LogP contribution in [0.3, 0.4) is 0 Å². The Labute approximate surface area is 173 Å². The molecule has 1 aliphatic carbocycles. The van der Waals surface area contributed by atoms with E-state index in [9.17, 15) is 13.2 Å². The summed E-state index contributed by atoms with van der Waals surface area (Å²) in [5, 5.41) is 8.56. The molecule has 9 heteroatoms. The molecule has 0 aliphatic heterocycles. The fourth-order valence-corrected chi connectivity index (χ4v) is 4.18. The molecule has 0 bridgehead atoms. The van der Waals surface area contributed by atoms with Crippen molar-refractivity contribution in [3.05, 3.63) is 65.0 Å². The van der Waals surface area contributed by atoms with Gasteiger partial charge in [-0.05, 0) is 37.1 Å². The van der Waals surface area contributed by atoms with Gasteiger partial charge >= 0.3 is 0 Å². The molecule has 0 N–H and O–H groups in total. The average Bonchev–Trinajstić information content (AvgIpc) is 3.43. The molecule has 2 aromatic carbocycles. The van der Waals surface area contributed by atoms with E-state index < -0.39 is 9.84 Å². The molecule has 0 spiro atoms. The van der Waals surface area contributed by atoms with Gasteiger partial charge in [-0.25, -0.2) is 8.42 Å². The Balaban J connectivity index is 1.62. The Morgan fingerprint density at radius 3 is 2.52 bits per heavy atom. The summed E-state index contributed by atoms with van der Waals surface area (Å²) in [6.45, 7) is 0.0963. The van der Waals surface area contributed by atoms with E-state index >= 15 is 0 Å². The minimum absolute atomic E-state index is 0.0120. The first-order valence-electron chi connectivity index (χ1n) is 9.02. The number of nitrogens with zero attached hydrogens (tertiary/aromatic N) is 3. The molecule has 7 nitrogen and oxygen atoms in total. The van der Waals surface area contributed by atoms with Gasteiger partial charge in [-0.15, -0.1) is 10.2 Å². The summed E-state index contributed by atoms with van der Waals surface area (Å²) in [6.07, 6.45) is 2.78. The van der Waals surface area contributed by atoms with Gasteiger partial charge in [-0.3, -0.25) is 4.79 Å². The fourth-order valence-electron chi connectivity index (χ4n) is 3.08. The molecule has 1 saturated carbocycles. The van der Waals surface area contributed by atoms with E-state index in [0.717, 1.165) is 19.1 Å². The lowest BCUT2D eigenvalue weighted by Crippen LogP contribution is -2.33. The summed E-state index contributed by atoms with van der Waals surface area (Å²) < 4.78 is 29.9. The van der Waals surface area contributed by atoms with Crippen molar-refractivity contribution in [1.82, 2.24) is 15.1 Å². The second-order valence-electron chi connectivity index (χ2n) is 6.91. The molecule has 0 unspecified atom stereocenters. The van der Waals surface area contributed by atoms with Crippen LogP contribution in [-0.2, 0) is 16.4 Å². The van der Waals surface area contributed by atoms with E-state index in [2.05, 4.69) is 10.2 Å². The highest BCUT2D eigenvalue weighted by Gasteiger charge is 2.35. The third-order valence-electron chi connectivity index (χ3n) is 4.64. The van der Waals surface area contributed by atoms with E-state index in [-0.39, 0.29) is 40.7 Å². The van der Waals surface area contributed by atoms with Crippen LogP contribution in [0.5, 0.6) is 0 Å². The smallest absolute Gasteiger partial charge is 0.255 e. The molecule has 150 valence electrons.